The van der Waals surface area contributed by atoms with Crippen LogP contribution in [0.5, 0.6) is 5.75 Å². The van der Waals surface area contributed by atoms with Crippen molar-refractivity contribution in [1.29, 1.82) is 0 Å². The summed E-state index contributed by atoms with van der Waals surface area (Å²) in [7, 11) is -2.31. The molecule has 1 aliphatic carbocycles. The summed E-state index contributed by atoms with van der Waals surface area (Å²) in [6, 6.07) is 4.51. The first-order valence-corrected chi connectivity index (χ1v) is 11.7. The number of amides is 1. The van der Waals surface area contributed by atoms with E-state index in [0.29, 0.717) is 12.1 Å². The summed E-state index contributed by atoms with van der Waals surface area (Å²) in [6.07, 6.45) is 7.15. The quantitative estimate of drug-likeness (QED) is 0.610. The van der Waals surface area contributed by atoms with Crippen LogP contribution < -0.4 is 14.8 Å². The zero-order chi connectivity index (χ0) is 20.0. The Kier molecular flexibility index (Phi) is 7.31. The minimum atomic E-state index is -3.74. The fourth-order valence-corrected chi connectivity index (χ4v) is 5.47. The monoisotopic (exact) mass is 409 g/mol. The van der Waals surface area contributed by atoms with Gasteiger partial charge in [0.1, 0.15) is 10.6 Å². The number of nitrogens with one attached hydrogen (secondary N) is 2. The van der Waals surface area contributed by atoms with E-state index in [1.165, 1.54) is 26.0 Å². The largest absolute Gasteiger partial charge is 0.495 e. The van der Waals surface area contributed by atoms with Crippen molar-refractivity contribution in [2.24, 2.45) is 0 Å². The number of likely N-dealkylation sites (tertiary alicyclic amines) is 1. The van der Waals surface area contributed by atoms with E-state index in [1.54, 1.807) is 12.1 Å². The van der Waals surface area contributed by atoms with Crippen LogP contribution in [0.3, 0.4) is 0 Å². The molecule has 156 valence electrons. The smallest absolute Gasteiger partial charge is 0.251 e. The topological polar surface area (TPSA) is 87.7 Å². The van der Waals surface area contributed by atoms with Crippen molar-refractivity contribution in [2.75, 3.05) is 33.3 Å². The highest BCUT2D eigenvalue weighted by molar-refractivity contribution is 7.89. The first-order chi connectivity index (χ1) is 13.5. The molecule has 1 amide bonds. The minimum absolute atomic E-state index is 0.0200. The molecule has 0 atom stereocenters. The number of hydrogen-bond donors (Lipinski definition) is 2. The van der Waals surface area contributed by atoms with Gasteiger partial charge in [0.2, 0.25) is 10.0 Å². The van der Waals surface area contributed by atoms with Crippen LogP contribution in [0.2, 0.25) is 0 Å². The van der Waals surface area contributed by atoms with E-state index in [9.17, 15) is 13.2 Å². The van der Waals surface area contributed by atoms with Crippen LogP contribution in [0.4, 0.5) is 0 Å². The first-order valence-electron chi connectivity index (χ1n) is 10.2. The third kappa shape index (κ3) is 5.46. The van der Waals surface area contributed by atoms with E-state index >= 15 is 0 Å². The van der Waals surface area contributed by atoms with Crippen molar-refractivity contribution >= 4 is 15.9 Å². The highest BCUT2D eigenvalue weighted by Gasteiger charge is 2.26. The maximum absolute atomic E-state index is 12.8. The highest BCUT2D eigenvalue weighted by atomic mass is 32.2. The summed E-state index contributed by atoms with van der Waals surface area (Å²) < 4.78 is 33.6. The second kappa shape index (κ2) is 9.71. The second-order valence-electron chi connectivity index (χ2n) is 7.63. The first kappa shape index (κ1) is 21.1. The van der Waals surface area contributed by atoms with Crippen molar-refractivity contribution in [3.63, 3.8) is 0 Å². The molecule has 8 heteroatoms. The molecular weight excluding hydrogens is 378 g/mol. The molecule has 1 aromatic rings. The van der Waals surface area contributed by atoms with E-state index in [-0.39, 0.29) is 22.6 Å². The zero-order valence-corrected chi connectivity index (χ0v) is 17.4. The van der Waals surface area contributed by atoms with Gasteiger partial charge in [0, 0.05) is 18.2 Å². The number of benzene rings is 1. The van der Waals surface area contributed by atoms with Crippen LogP contribution >= 0.6 is 0 Å². The average Bonchev–Trinajstić information content (AvgIpc) is 3.38. The molecule has 3 rings (SSSR count). The predicted octanol–water partition coefficient (Wildman–Crippen LogP) is 2.13. The van der Waals surface area contributed by atoms with Crippen LogP contribution in [0.15, 0.2) is 23.1 Å². The predicted molar refractivity (Wildman–Crippen MR) is 108 cm³/mol. The lowest BCUT2D eigenvalue weighted by atomic mass is 10.2. The maximum atomic E-state index is 12.8. The summed E-state index contributed by atoms with van der Waals surface area (Å²) in [5, 5.41) is 2.89. The van der Waals surface area contributed by atoms with Crippen molar-refractivity contribution < 1.29 is 17.9 Å². The van der Waals surface area contributed by atoms with E-state index < -0.39 is 10.0 Å². The van der Waals surface area contributed by atoms with Gasteiger partial charge < -0.3 is 15.0 Å². The lowest BCUT2D eigenvalue weighted by Gasteiger charge is -2.16. The molecule has 0 bridgehead atoms. The number of carbonyl (C=O) groups is 1. The molecule has 1 aliphatic heterocycles. The number of hydrogen-bond acceptors (Lipinski definition) is 5. The number of methoxy groups -OCH3 is 1. The van der Waals surface area contributed by atoms with Crippen LogP contribution in [0, 0.1) is 0 Å². The third-order valence-corrected chi connectivity index (χ3v) is 7.07. The molecule has 28 heavy (non-hydrogen) atoms. The molecule has 0 radical (unpaired) electrons. The van der Waals surface area contributed by atoms with Crippen molar-refractivity contribution in [3.8, 4) is 5.75 Å². The Balaban J connectivity index is 1.62. The Bertz CT molecular complexity index is 770. The standard InChI is InChI=1S/C20H31N3O4S/c1-27-18-10-9-16(20(24)21-11-6-14-23-12-4-5-13-23)15-19(18)28(25,26)22-17-7-2-3-8-17/h9-10,15,17,22H,2-8,11-14H2,1H3,(H,21,24). The Hall–Kier alpha value is -1.64. The van der Waals surface area contributed by atoms with Gasteiger partial charge in [0.05, 0.1) is 7.11 Å². The summed E-state index contributed by atoms with van der Waals surface area (Å²) in [4.78, 5) is 14.9. The van der Waals surface area contributed by atoms with Gasteiger partial charge in [-0.3, -0.25) is 4.79 Å². The van der Waals surface area contributed by atoms with E-state index in [2.05, 4.69) is 14.9 Å². The fourth-order valence-electron chi connectivity index (χ4n) is 3.97. The van der Waals surface area contributed by atoms with Crippen LogP contribution in [-0.2, 0) is 10.0 Å². The van der Waals surface area contributed by atoms with Crippen LogP contribution in [-0.4, -0.2) is 58.6 Å². The van der Waals surface area contributed by atoms with Crippen molar-refractivity contribution in [2.45, 2.75) is 55.9 Å². The van der Waals surface area contributed by atoms with E-state index in [4.69, 9.17) is 4.74 Å². The number of carbonyl (C=O) groups excluding carboxylic acids is 1. The van der Waals surface area contributed by atoms with E-state index in [1.807, 2.05) is 0 Å². The average molecular weight is 410 g/mol. The normalized spacial score (nSPS) is 18.5. The molecule has 1 heterocycles. The van der Waals surface area contributed by atoms with Gasteiger partial charge in [-0.05, 0) is 69.9 Å². The molecule has 1 aromatic carbocycles. The molecule has 0 spiro atoms. The molecule has 2 aliphatic rings. The molecule has 2 N–H and O–H groups in total. The Morgan fingerprint density at radius 3 is 2.57 bits per heavy atom. The summed E-state index contributed by atoms with van der Waals surface area (Å²) >= 11 is 0. The summed E-state index contributed by atoms with van der Waals surface area (Å²) in [6.45, 7) is 3.83. The van der Waals surface area contributed by atoms with Crippen LogP contribution in [0.1, 0.15) is 55.3 Å². The zero-order valence-electron chi connectivity index (χ0n) is 16.6. The second-order valence-corrected chi connectivity index (χ2v) is 9.31. The molecule has 2 fully saturated rings. The third-order valence-electron chi connectivity index (χ3n) is 5.53. The molecule has 1 saturated heterocycles. The lowest BCUT2D eigenvalue weighted by molar-refractivity contribution is 0.0951. The Morgan fingerprint density at radius 1 is 1.18 bits per heavy atom. The van der Waals surface area contributed by atoms with Crippen molar-refractivity contribution in [3.05, 3.63) is 23.8 Å². The number of nitrogens with zero attached hydrogens (tertiary/aromatic N) is 1. The molecule has 7 nitrogen and oxygen atoms in total. The lowest BCUT2D eigenvalue weighted by Crippen LogP contribution is -2.33. The van der Waals surface area contributed by atoms with E-state index in [0.717, 1.165) is 51.7 Å². The summed E-state index contributed by atoms with van der Waals surface area (Å²) in [5.41, 5.74) is 0.328. The van der Waals surface area contributed by atoms with Crippen molar-refractivity contribution in [1.82, 2.24) is 14.9 Å². The number of rotatable bonds is 9. The number of sulfonamides is 1. The molecule has 1 saturated carbocycles. The Labute approximate surface area is 167 Å². The Morgan fingerprint density at radius 2 is 1.89 bits per heavy atom. The summed E-state index contributed by atoms with van der Waals surface area (Å²) in [5.74, 6) is -0.0162. The van der Waals surface area contributed by atoms with Gasteiger partial charge in [0.25, 0.3) is 5.91 Å². The number of ether oxygens (including phenoxy) is 1. The van der Waals surface area contributed by atoms with Gasteiger partial charge in [0.15, 0.2) is 0 Å². The van der Waals surface area contributed by atoms with Gasteiger partial charge in [-0.15, -0.1) is 0 Å². The van der Waals surface area contributed by atoms with Gasteiger partial charge >= 0.3 is 0 Å². The fraction of sp³-hybridized carbons (Fsp3) is 0.650. The molecule has 0 unspecified atom stereocenters. The SMILES string of the molecule is COc1ccc(C(=O)NCCCN2CCCC2)cc1S(=O)(=O)NC1CCCC1. The molecule has 0 aromatic heterocycles. The maximum Gasteiger partial charge on any atom is 0.251 e. The van der Waals surface area contributed by atoms with Gasteiger partial charge in [-0.1, -0.05) is 12.8 Å². The molecular formula is C20H31N3O4S. The highest BCUT2D eigenvalue weighted by Crippen LogP contribution is 2.27. The van der Waals surface area contributed by atoms with Crippen LogP contribution in [0.25, 0.3) is 0 Å². The minimum Gasteiger partial charge on any atom is -0.495 e. The van der Waals surface area contributed by atoms with Gasteiger partial charge in [-0.25, -0.2) is 13.1 Å². The van der Waals surface area contributed by atoms with Gasteiger partial charge in [-0.2, -0.15) is 0 Å².